The van der Waals surface area contributed by atoms with Crippen molar-refractivity contribution >= 4 is 17.6 Å². The molecular weight excluding hydrogens is 184 g/mol. The average molecular weight is 191 g/mol. The van der Waals surface area contributed by atoms with Gasteiger partial charge in [0.1, 0.15) is 0 Å². The summed E-state index contributed by atoms with van der Waals surface area (Å²) in [5, 5.41) is 0. The molecule has 0 saturated carbocycles. The van der Waals surface area contributed by atoms with Crippen LogP contribution in [-0.4, -0.2) is 24.1 Å². The molecule has 0 aromatic heterocycles. The first-order chi connectivity index (χ1) is 4.92. The molecule has 2 nitrogen and oxygen atoms in total. The standard InChI is InChI=1S/C5H6ClF3O2/c1-2-11-4(10)5(8,9)3(6)7/h3H,2H2,1H3. The van der Waals surface area contributed by atoms with Crippen molar-refractivity contribution in [2.24, 2.45) is 0 Å². The molecule has 0 radical (unpaired) electrons. The maximum Gasteiger partial charge on any atom is 0.386 e. The van der Waals surface area contributed by atoms with Gasteiger partial charge in [-0.25, -0.2) is 9.18 Å². The van der Waals surface area contributed by atoms with Crippen LogP contribution in [-0.2, 0) is 9.53 Å². The molecule has 1 unspecified atom stereocenters. The lowest BCUT2D eigenvalue weighted by atomic mass is 10.4. The molecule has 0 amide bonds. The Labute approximate surface area is 66.3 Å². The Morgan fingerprint density at radius 1 is 1.73 bits per heavy atom. The molecule has 0 saturated heterocycles. The molecule has 0 aliphatic heterocycles. The maximum absolute atomic E-state index is 12.1. The molecule has 0 rings (SSSR count). The number of alkyl halides is 4. The van der Waals surface area contributed by atoms with Crippen LogP contribution in [0.25, 0.3) is 0 Å². The van der Waals surface area contributed by atoms with Crippen LogP contribution in [0, 0.1) is 0 Å². The molecule has 1 atom stereocenters. The summed E-state index contributed by atoms with van der Waals surface area (Å²) in [5.74, 6) is -6.19. The molecule has 0 aromatic carbocycles. The number of halogens is 4. The van der Waals surface area contributed by atoms with Gasteiger partial charge in [-0.1, -0.05) is 11.6 Å². The van der Waals surface area contributed by atoms with Crippen LogP contribution in [0.15, 0.2) is 0 Å². The van der Waals surface area contributed by atoms with Crippen molar-refractivity contribution in [3.63, 3.8) is 0 Å². The minimum Gasteiger partial charge on any atom is -0.461 e. The van der Waals surface area contributed by atoms with E-state index in [0.717, 1.165) is 0 Å². The Balaban J connectivity index is 4.18. The lowest BCUT2D eigenvalue weighted by molar-refractivity contribution is -0.176. The molecule has 0 aromatic rings. The van der Waals surface area contributed by atoms with E-state index in [4.69, 9.17) is 0 Å². The molecule has 0 aliphatic carbocycles. The van der Waals surface area contributed by atoms with Gasteiger partial charge in [0.25, 0.3) is 0 Å². The summed E-state index contributed by atoms with van der Waals surface area (Å²) in [7, 11) is 0. The highest BCUT2D eigenvalue weighted by atomic mass is 35.5. The van der Waals surface area contributed by atoms with Crippen LogP contribution in [0.1, 0.15) is 6.92 Å². The van der Waals surface area contributed by atoms with Gasteiger partial charge in [0.15, 0.2) is 0 Å². The predicted octanol–water partition coefficient (Wildman–Crippen LogP) is 1.72. The van der Waals surface area contributed by atoms with E-state index in [0.29, 0.717) is 0 Å². The summed E-state index contributed by atoms with van der Waals surface area (Å²) in [4.78, 5) is 10.2. The van der Waals surface area contributed by atoms with Crippen LogP contribution in [0.4, 0.5) is 13.2 Å². The van der Waals surface area contributed by atoms with E-state index >= 15 is 0 Å². The van der Waals surface area contributed by atoms with Crippen molar-refractivity contribution in [2.75, 3.05) is 6.61 Å². The summed E-state index contributed by atoms with van der Waals surface area (Å²) in [6, 6.07) is 0. The fourth-order valence-electron chi connectivity index (χ4n) is 0.316. The second kappa shape index (κ2) is 3.80. The second-order valence-corrected chi connectivity index (χ2v) is 2.03. The van der Waals surface area contributed by atoms with Gasteiger partial charge in [-0.3, -0.25) is 0 Å². The number of carbonyl (C=O) groups excluding carboxylic acids is 1. The van der Waals surface area contributed by atoms with Crippen LogP contribution in [0.5, 0.6) is 0 Å². The fraction of sp³-hybridized carbons (Fsp3) is 0.800. The molecule has 0 spiro atoms. The van der Waals surface area contributed by atoms with E-state index < -0.39 is 17.5 Å². The summed E-state index contributed by atoms with van der Waals surface area (Å²) < 4.78 is 39.9. The molecule has 0 N–H and O–H groups in total. The van der Waals surface area contributed by atoms with E-state index in [2.05, 4.69) is 16.3 Å². The number of rotatable bonds is 3. The number of ether oxygens (including phenoxy) is 1. The normalized spacial score (nSPS) is 14.3. The minimum atomic E-state index is -4.25. The van der Waals surface area contributed by atoms with Crippen LogP contribution in [0.2, 0.25) is 0 Å². The molecule has 0 fully saturated rings. The Bertz CT molecular complexity index is 149. The topological polar surface area (TPSA) is 26.3 Å². The first-order valence-corrected chi connectivity index (χ1v) is 3.19. The minimum absolute atomic E-state index is 0.238. The van der Waals surface area contributed by atoms with Crippen molar-refractivity contribution in [1.29, 1.82) is 0 Å². The van der Waals surface area contributed by atoms with Crippen molar-refractivity contribution in [3.8, 4) is 0 Å². The first kappa shape index (κ1) is 10.5. The average Bonchev–Trinajstić information content (AvgIpc) is 1.88. The number of esters is 1. The van der Waals surface area contributed by atoms with E-state index in [1.54, 1.807) is 0 Å². The zero-order chi connectivity index (χ0) is 9.07. The van der Waals surface area contributed by atoms with Crippen molar-refractivity contribution < 1.29 is 22.7 Å². The lowest BCUT2D eigenvalue weighted by Gasteiger charge is -2.13. The Morgan fingerprint density at radius 3 is 2.45 bits per heavy atom. The molecule has 11 heavy (non-hydrogen) atoms. The Morgan fingerprint density at radius 2 is 2.18 bits per heavy atom. The van der Waals surface area contributed by atoms with Crippen molar-refractivity contribution in [3.05, 3.63) is 0 Å². The zero-order valence-corrected chi connectivity index (χ0v) is 6.37. The van der Waals surface area contributed by atoms with Gasteiger partial charge >= 0.3 is 11.9 Å². The highest BCUT2D eigenvalue weighted by Gasteiger charge is 2.48. The molecule has 0 heterocycles. The van der Waals surface area contributed by atoms with Gasteiger partial charge in [0.05, 0.1) is 6.61 Å². The third-order valence-corrected chi connectivity index (χ3v) is 1.10. The third-order valence-electron chi connectivity index (χ3n) is 0.822. The van der Waals surface area contributed by atoms with Crippen LogP contribution < -0.4 is 0 Å². The van der Waals surface area contributed by atoms with Gasteiger partial charge in [-0.05, 0) is 6.92 Å². The van der Waals surface area contributed by atoms with E-state index in [9.17, 15) is 18.0 Å². The lowest BCUT2D eigenvalue weighted by Crippen LogP contribution is -2.37. The summed E-state index contributed by atoms with van der Waals surface area (Å²) >= 11 is 4.38. The SMILES string of the molecule is CCOC(=O)C(F)(F)C(F)Cl. The third kappa shape index (κ3) is 2.57. The summed E-state index contributed by atoms with van der Waals surface area (Å²) in [6.07, 6.45) is 0. The zero-order valence-electron chi connectivity index (χ0n) is 5.61. The van der Waals surface area contributed by atoms with E-state index in [-0.39, 0.29) is 6.61 Å². The van der Waals surface area contributed by atoms with Crippen molar-refractivity contribution in [1.82, 2.24) is 0 Å². The monoisotopic (exact) mass is 190 g/mol. The summed E-state index contributed by atoms with van der Waals surface area (Å²) in [5.41, 5.74) is -3.04. The van der Waals surface area contributed by atoms with Gasteiger partial charge in [-0.15, -0.1) is 0 Å². The Kier molecular flexibility index (Phi) is 3.65. The van der Waals surface area contributed by atoms with Gasteiger partial charge in [0, 0.05) is 0 Å². The smallest absolute Gasteiger partial charge is 0.386 e. The first-order valence-electron chi connectivity index (χ1n) is 2.76. The molecule has 0 bridgehead atoms. The fourth-order valence-corrected chi connectivity index (χ4v) is 0.405. The van der Waals surface area contributed by atoms with E-state index in [1.165, 1.54) is 6.92 Å². The van der Waals surface area contributed by atoms with Crippen LogP contribution in [0.3, 0.4) is 0 Å². The highest BCUT2D eigenvalue weighted by Crippen LogP contribution is 2.25. The van der Waals surface area contributed by atoms with Crippen LogP contribution >= 0.6 is 11.6 Å². The number of carbonyl (C=O) groups is 1. The van der Waals surface area contributed by atoms with Gasteiger partial charge in [0.2, 0.25) is 5.63 Å². The molecular formula is C5H6ClF3O2. The molecule has 66 valence electrons. The summed E-state index contributed by atoms with van der Waals surface area (Å²) in [6.45, 7) is 1.09. The maximum atomic E-state index is 12.1. The van der Waals surface area contributed by atoms with Gasteiger partial charge < -0.3 is 4.74 Å². The van der Waals surface area contributed by atoms with Gasteiger partial charge in [-0.2, -0.15) is 8.78 Å². The highest BCUT2D eigenvalue weighted by molar-refractivity contribution is 6.21. The van der Waals surface area contributed by atoms with E-state index in [1.807, 2.05) is 0 Å². The molecule has 6 heteroatoms. The number of hydrogen-bond donors (Lipinski definition) is 0. The number of hydrogen-bond acceptors (Lipinski definition) is 2. The van der Waals surface area contributed by atoms with Crippen molar-refractivity contribution in [2.45, 2.75) is 18.5 Å². The second-order valence-electron chi connectivity index (χ2n) is 1.64. The molecule has 0 aliphatic rings. The predicted molar refractivity (Wildman–Crippen MR) is 32.3 cm³/mol. The Hall–Kier alpha value is -0.450. The largest absolute Gasteiger partial charge is 0.461 e. The quantitative estimate of drug-likeness (QED) is 0.500.